The number of hydrogen-bond acceptors (Lipinski definition) is 9. The van der Waals surface area contributed by atoms with E-state index >= 15 is 0 Å². The molecule has 3 heterocycles. The summed E-state index contributed by atoms with van der Waals surface area (Å²) in [5.74, 6) is 1.06. The van der Waals surface area contributed by atoms with Crippen LogP contribution in [0.1, 0.15) is 30.5 Å². The van der Waals surface area contributed by atoms with Gasteiger partial charge in [-0.15, -0.1) is 0 Å². The van der Waals surface area contributed by atoms with Gasteiger partial charge in [-0.2, -0.15) is 4.37 Å². The van der Waals surface area contributed by atoms with Gasteiger partial charge in [0.1, 0.15) is 22.7 Å². The maximum Gasteiger partial charge on any atom is 0.317 e. The molecule has 152 valence electrons. The number of carbonyl (C=O) groups is 1. The minimum atomic E-state index is -1.24. The van der Waals surface area contributed by atoms with Crippen LogP contribution in [-0.2, 0) is 0 Å². The molecule has 5 N–H and O–H groups in total. The van der Waals surface area contributed by atoms with Crippen LogP contribution >= 0.6 is 11.5 Å². The molecule has 1 unspecified atom stereocenters. The Morgan fingerprint density at radius 3 is 2.93 bits per heavy atom. The van der Waals surface area contributed by atoms with E-state index in [-0.39, 0.29) is 17.8 Å². The first-order valence-electron chi connectivity index (χ1n) is 9.07. The molecule has 0 spiro atoms. The number of aliphatic hydroxyl groups is 1. The topological polar surface area (TPSA) is 133 Å². The molecule has 1 fully saturated rings. The summed E-state index contributed by atoms with van der Waals surface area (Å²) in [7, 11) is 3.44. The number of piperidine rings is 1. The van der Waals surface area contributed by atoms with Crippen LogP contribution in [0, 0.1) is 6.92 Å². The number of nitrogens with one attached hydrogen (secondary N) is 2. The van der Waals surface area contributed by atoms with Crippen molar-refractivity contribution in [3.63, 3.8) is 0 Å². The quantitative estimate of drug-likeness (QED) is 0.544. The molecule has 28 heavy (non-hydrogen) atoms. The van der Waals surface area contributed by atoms with E-state index in [1.165, 1.54) is 16.4 Å². The number of rotatable bonds is 5. The molecular weight excluding hydrogens is 380 g/mol. The van der Waals surface area contributed by atoms with E-state index < -0.39 is 6.23 Å². The van der Waals surface area contributed by atoms with E-state index in [4.69, 9.17) is 5.73 Å². The highest BCUT2D eigenvalue weighted by molar-refractivity contribution is 7.10. The van der Waals surface area contributed by atoms with Crippen LogP contribution in [-0.4, -0.2) is 63.6 Å². The van der Waals surface area contributed by atoms with Crippen molar-refractivity contribution in [1.29, 1.82) is 0 Å². The maximum atomic E-state index is 11.9. The summed E-state index contributed by atoms with van der Waals surface area (Å²) in [5.41, 5.74) is 6.80. The molecule has 0 radical (unpaired) electrons. The third-order valence-corrected chi connectivity index (χ3v) is 5.21. The number of amides is 2. The van der Waals surface area contributed by atoms with E-state index in [2.05, 4.69) is 29.9 Å². The van der Waals surface area contributed by atoms with Crippen molar-refractivity contribution in [3.05, 3.63) is 23.7 Å². The van der Waals surface area contributed by atoms with Gasteiger partial charge >= 0.3 is 6.03 Å². The lowest BCUT2D eigenvalue weighted by molar-refractivity contribution is 0.182. The number of aromatic nitrogens is 3. The zero-order valence-corrected chi connectivity index (χ0v) is 17.0. The number of hydrogen-bond donors (Lipinski definition) is 4. The van der Waals surface area contributed by atoms with Crippen LogP contribution in [0.3, 0.4) is 0 Å². The highest BCUT2D eigenvalue weighted by atomic mass is 32.1. The summed E-state index contributed by atoms with van der Waals surface area (Å²) in [6.45, 7) is 3.35. The average Bonchev–Trinajstić information content (AvgIpc) is 3.06. The minimum absolute atomic E-state index is 0.0331. The highest BCUT2D eigenvalue weighted by Crippen LogP contribution is 2.27. The van der Waals surface area contributed by atoms with Crippen molar-refractivity contribution >= 4 is 34.2 Å². The van der Waals surface area contributed by atoms with Gasteiger partial charge in [-0.25, -0.2) is 14.8 Å². The second-order valence-electron chi connectivity index (χ2n) is 6.99. The maximum absolute atomic E-state index is 11.9. The van der Waals surface area contributed by atoms with Crippen molar-refractivity contribution in [2.24, 2.45) is 5.73 Å². The third kappa shape index (κ3) is 4.86. The van der Waals surface area contributed by atoms with Gasteiger partial charge in [0, 0.05) is 33.2 Å². The van der Waals surface area contributed by atoms with Crippen LogP contribution in [0.4, 0.5) is 21.4 Å². The Bertz CT molecular complexity index is 825. The number of aryl methyl sites for hydroxylation is 1. The molecule has 1 saturated heterocycles. The molecule has 1 aliphatic rings. The molecule has 2 amide bonds. The highest BCUT2D eigenvalue weighted by Gasteiger charge is 2.24. The second-order valence-corrected chi connectivity index (χ2v) is 7.80. The lowest BCUT2D eigenvalue weighted by Gasteiger charge is -2.34. The van der Waals surface area contributed by atoms with Gasteiger partial charge in [0.05, 0.1) is 11.9 Å². The fourth-order valence-corrected chi connectivity index (χ4v) is 3.66. The molecule has 0 aromatic carbocycles. The Morgan fingerprint density at radius 1 is 1.50 bits per heavy atom. The van der Waals surface area contributed by atoms with E-state index in [0.717, 1.165) is 30.1 Å². The number of nitrogens with zero attached hydrogens (tertiary/aromatic N) is 5. The zero-order valence-electron chi connectivity index (χ0n) is 16.2. The molecule has 11 heteroatoms. The Hall–Kier alpha value is -2.50. The lowest BCUT2D eigenvalue weighted by atomic mass is 10.1. The van der Waals surface area contributed by atoms with E-state index in [1.54, 1.807) is 20.3 Å². The van der Waals surface area contributed by atoms with E-state index in [0.29, 0.717) is 18.2 Å². The number of aliphatic hydroxyl groups excluding tert-OH is 1. The SMILES string of the molecule is Cc1cc(Nc2nc(N3CCC[C@@H](NC(=O)N(C)C)C3)cnc2C(N)O)sn1. The lowest BCUT2D eigenvalue weighted by Crippen LogP contribution is -2.50. The monoisotopic (exact) mass is 406 g/mol. The number of urea groups is 1. The van der Waals surface area contributed by atoms with Crippen molar-refractivity contribution in [3.8, 4) is 0 Å². The Morgan fingerprint density at radius 2 is 2.29 bits per heavy atom. The number of carbonyl (C=O) groups excluding carboxylic acids is 1. The molecule has 0 bridgehead atoms. The molecular formula is C17H26N8O2S. The average molecular weight is 407 g/mol. The van der Waals surface area contributed by atoms with E-state index in [9.17, 15) is 9.90 Å². The third-order valence-electron chi connectivity index (χ3n) is 4.42. The summed E-state index contributed by atoms with van der Waals surface area (Å²) in [6, 6.07) is 1.81. The van der Waals surface area contributed by atoms with Gasteiger partial charge in [0.2, 0.25) is 0 Å². The van der Waals surface area contributed by atoms with Crippen molar-refractivity contribution < 1.29 is 9.90 Å². The first-order chi connectivity index (χ1) is 13.3. The standard InChI is InChI=1S/C17H26N8O2S/c1-10-7-13(28-23-10)22-16-14(15(18)26)19-8-12(21-16)25-6-4-5-11(9-25)20-17(27)24(2)3/h7-8,11,15,26H,4-6,9,18H2,1-3H3,(H,20,27)(H,21,22)/t11-,15?/m1/s1. The van der Waals surface area contributed by atoms with Crippen LogP contribution in [0.5, 0.6) is 0 Å². The molecule has 0 aliphatic carbocycles. The molecule has 2 atom stereocenters. The van der Waals surface area contributed by atoms with Gasteiger partial charge in [-0.05, 0) is 37.4 Å². The first kappa shape index (κ1) is 20.2. The first-order valence-corrected chi connectivity index (χ1v) is 9.84. The molecule has 10 nitrogen and oxygen atoms in total. The Balaban J connectivity index is 1.79. The predicted molar refractivity (Wildman–Crippen MR) is 109 cm³/mol. The largest absolute Gasteiger partial charge is 0.373 e. The fraction of sp³-hybridized carbons (Fsp3) is 0.529. The van der Waals surface area contributed by atoms with Crippen LogP contribution in [0.25, 0.3) is 0 Å². The van der Waals surface area contributed by atoms with Gasteiger partial charge in [-0.1, -0.05) is 0 Å². The number of anilines is 3. The van der Waals surface area contributed by atoms with Crippen molar-refractivity contribution in [2.75, 3.05) is 37.4 Å². The van der Waals surface area contributed by atoms with Crippen LogP contribution in [0.2, 0.25) is 0 Å². The summed E-state index contributed by atoms with van der Waals surface area (Å²) in [5, 5.41) is 16.8. The molecule has 2 aromatic heterocycles. The smallest absolute Gasteiger partial charge is 0.317 e. The zero-order chi connectivity index (χ0) is 20.3. The Labute approximate surface area is 167 Å². The normalized spacial score (nSPS) is 17.9. The molecule has 0 saturated carbocycles. The summed E-state index contributed by atoms with van der Waals surface area (Å²) < 4.78 is 4.23. The van der Waals surface area contributed by atoms with Crippen LogP contribution < -0.4 is 21.3 Å². The van der Waals surface area contributed by atoms with Gasteiger partial charge < -0.3 is 31.3 Å². The molecule has 1 aliphatic heterocycles. The number of nitrogens with two attached hydrogens (primary N) is 1. The van der Waals surface area contributed by atoms with Gasteiger partial charge in [-0.3, -0.25) is 0 Å². The van der Waals surface area contributed by atoms with E-state index in [1.807, 2.05) is 13.0 Å². The van der Waals surface area contributed by atoms with Crippen LogP contribution in [0.15, 0.2) is 12.3 Å². The predicted octanol–water partition coefficient (Wildman–Crippen LogP) is 1.17. The molecule has 3 rings (SSSR count). The summed E-state index contributed by atoms with van der Waals surface area (Å²) in [6.07, 6.45) is 2.20. The van der Waals surface area contributed by atoms with Crippen molar-refractivity contribution in [2.45, 2.75) is 32.0 Å². The Kier molecular flexibility index (Phi) is 6.27. The molecule has 2 aromatic rings. The second kappa shape index (κ2) is 8.67. The van der Waals surface area contributed by atoms with Gasteiger partial charge in [0.25, 0.3) is 0 Å². The summed E-state index contributed by atoms with van der Waals surface area (Å²) in [4.78, 5) is 24.5. The fourth-order valence-electron chi connectivity index (χ4n) is 3.00. The minimum Gasteiger partial charge on any atom is -0.373 e. The van der Waals surface area contributed by atoms with Gasteiger partial charge in [0.15, 0.2) is 5.82 Å². The summed E-state index contributed by atoms with van der Waals surface area (Å²) >= 11 is 1.30. The van der Waals surface area contributed by atoms with Crippen molar-refractivity contribution in [1.82, 2.24) is 24.6 Å².